The third kappa shape index (κ3) is 3.29. The molecule has 0 radical (unpaired) electrons. The molecule has 4 nitrogen and oxygen atoms in total. The predicted octanol–water partition coefficient (Wildman–Crippen LogP) is 3.88. The van der Waals surface area contributed by atoms with Gasteiger partial charge in [0.1, 0.15) is 5.75 Å². The van der Waals surface area contributed by atoms with Gasteiger partial charge in [-0.25, -0.2) is 4.98 Å². The summed E-state index contributed by atoms with van der Waals surface area (Å²) < 4.78 is 11.3. The fraction of sp³-hybridized carbons (Fsp3) is 0.316. The minimum atomic E-state index is 0.115. The molecule has 0 unspecified atom stereocenters. The third-order valence-corrected chi connectivity index (χ3v) is 5.10. The Morgan fingerprint density at radius 3 is 2.96 bits per heavy atom. The average Bonchev–Trinajstić information content (AvgIpc) is 3.14. The van der Waals surface area contributed by atoms with Crippen LogP contribution in [0, 0.1) is 0 Å². The number of ether oxygens (including phenoxy) is 2. The predicted molar refractivity (Wildman–Crippen MR) is 96.6 cm³/mol. The van der Waals surface area contributed by atoms with Crippen molar-refractivity contribution in [3.05, 3.63) is 58.5 Å². The number of hydrogen-bond donors (Lipinski definition) is 0. The second-order valence-corrected chi connectivity index (χ2v) is 6.77. The largest absolute Gasteiger partial charge is 0.497 e. The van der Waals surface area contributed by atoms with E-state index in [4.69, 9.17) is 9.47 Å². The molecule has 5 heteroatoms. The molecule has 1 aromatic heterocycles. The number of hydrogen-bond acceptors (Lipinski definition) is 5. The first-order valence-electron chi connectivity index (χ1n) is 8.10. The molecule has 0 bridgehead atoms. The summed E-state index contributed by atoms with van der Waals surface area (Å²) in [5.41, 5.74) is 4.27. The highest BCUT2D eigenvalue weighted by atomic mass is 32.1. The average molecular weight is 340 g/mol. The van der Waals surface area contributed by atoms with Crippen LogP contribution in [0.25, 0.3) is 10.8 Å². The molecular formula is C19H20N2O2S. The Morgan fingerprint density at radius 1 is 1.25 bits per heavy atom. The molecule has 0 aliphatic carbocycles. The summed E-state index contributed by atoms with van der Waals surface area (Å²) in [6, 6.07) is 12.7. The zero-order chi connectivity index (χ0) is 16.4. The summed E-state index contributed by atoms with van der Waals surface area (Å²) >= 11 is 1.65. The molecule has 1 fully saturated rings. The van der Waals surface area contributed by atoms with Crippen LogP contribution in [0.15, 0.2) is 47.3 Å². The quantitative estimate of drug-likeness (QED) is 0.722. The van der Waals surface area contributed by atoms with Crippen LogP contribution in [0.3, 0.4) is 0 Å². The van der Waals surface area contributed by atoms with Crippen LogP contribution >= 0.6 is 11.3 Å². The second-order valence-electron chi connectivity index (χ2n) is 6.05. The van der Waals surface area contributed by atoms with Crippen LogP contribution in [0.1, 0.15) is 17.4 Å². The molecule has 1 saturated heterocycles. The molecule has 2 aromatic carbocycles. The van der Waals surface area contributed by atoms with Crippen LogP contribution in [0.2, 0.25) is 0 Å². The highest BCUT2D eigenvalue weighted by Crippen LogP contribution is 2.28. The Morgan fingerprint density at radius 2 is 2.12 bits per heavy atom. The fourth-order valence-electron chi connectivity index (χ4n) is 3.16. The Bertz CT molecular complexity index is 819. The van der Waals surface area contributed by atoms with Gasteiger partial charge in [-0.2, -0.15) is 0 Å². The molecule has 1 atom stereocenters. The van der Waals surface area contributed by atoms with Crippen molar-refractivity contribution in [2.45, 2.75) is 12.6 Å². The summed E-state index contributed by atoms with van der Waals surface area (Å²) in [5.74, 6) is 0.888. The van der Waals surface area contributed by atoms with Gasteiger partial charge in [-0.1, -0.05) is 18.2 Å². The molecular weight excluding hydrogens is 320 g/mol. The van der Waals surface area contributed by atoms with Crippen LogP contribution in [0.5, 0.6) is 5.75 Å². The zero-order valence-electron chi connectivity index (χ0n) is 13.6. The summed E-state index contributed by atoms with van der Waals surface area (Å²) in [6.07, 6.45) is 0.115. The van der Waals surface area contributed by atoms with Crippen molar-refractivity contribution >= 4 is 22.1 Å². The Hall–Kier alpha value is -1.95. The van der Waals surface area contributed by atoms with Crippen LogP contribution < -0.4 is 4.74 Å². The standard InChI is InChI=1S/C19H20N2O2S/c1-22-18-5-4-14-8-16(3-2-15(14)9-18)19-11-21(6-7-23-19)10-17-12-24-13-20-17/h2-5,8-9,12-13,19H,6-7,10-11H2,1H3/t19-/m0/s1. The lowest BCUT2D eigenvalue weighted by Crippen LogP contribution is -2.37. The smallest absolute Gasteiger partial charge is 0.119 e. The van der Waals surface area contributed by atoms with E-state index >= 15 is 0 Å². The SMILES string of the molecule is COc1ccc2cc([C@@H]3CN(Cc4cscn4)CCO3)ccc2c1. The first-order valence-corrected chi connectivity index (χ1v) is 9.05. The number of morpholine rings is 1. The number of thiazole rings is 1. The molecule has 124 valence electrons. The third-order valence-electron chi connectivity index (χ3n) is 4.46. The summed E-state index contributed by atoms with van der Waals surface area (Å²) in [7, 11) is 1.70. The molecule has 1 aliphatic heterocycles. The van der Waals surface area contributed by atoms with Crippen LogP contribution in [-0.2, 0) is 11.3 Å². The number of benzene rings is 2. The molecule has 0 amide bonds. The topological polar surface area (TPSA) is 34.6 Å². The van der Waals surface area contributed by atoms with Crippen molar-refractivity contribution in [1.82, 2.24) is 9.88 Å². The normalized spacial score (nSPS) is 18.8. The van der Waals surface area contributed by atoms with Gasteiger partial charge in [-0.15, -0.1) is 11.3 Å². The number of nitrogens with zero attached hydrogens (tertiary/aromatic N) is 2. The molecule has 0 N–H and O–H groups in total. The van der Waals surface area contributed by atoms with Crippen molar-refractivity contribution in [3.63, 3.8) is 0 Å². The lowest BCUT2D eigenvalue weighted by atomic mass is 10.0. The van der Waals surface area contributed by atoms with Gasteiger partial charge in [-0.3, -0.25) is 4.90 Å². The van der Waals surface area contributed by atoms with E-state index in [0.717, 1.165) is 37.7 Å². The van der Waals surface area contributed by atoms with E-state index in [0.29, 0.717) is 0 Å². The van der Waals surface area contributed by atoms with Gasteiger partial charge in [0.25, 0.3) is 0 Å². The Balaban J connectivity index is 1.53. The summed E-state index contributed by atoms with van der Waals surface area (Å²) in [6.45, 7) is 3.52. The molecule has 24 heavy (non-hydrogen) atoms. The minimum Gasteiger partial charge on any atom is -0.497 e. The maximum atomic E-state index is 6.02. The second kappa shape index (κ2) is 6.89. The fourth-order valence-corrected chi connectivity index (χ4v) is 3.71. The van der Waals surface area contributed by atoms with E-state index in [1.807, 2.05) is 11.6 Å². The molecule has 0 spiro atoms. The van der Waals surface area contributed by atoms with Crippen LogP contribution in [-0.4, -0.2) is 36.7 Å². The van der Waals surface area contributed by atoms with Gasteiger partial charge in [-0.05, 0) is 34.5 Å². The van der Waals surface area contributed by atoms with Gasteiger partial charge in [0.05, 0.1) is 31.0 Å². The number of aromatic nitrogens is 1. The van der Waals surface area contributed by atoms with Gasteiger partial charge < -0.3 is 9.47 Å². The van der Waals surface area contributed by atoms with Crippen LogP contribution in [0.4, 0.5) is 0 Å². The van der Waals surface area contributed by atoms with Gasteiger partial charge in [0, 0.05) is 25.0 Å². The maximum Gasteiger partial charge on any atom is 0.119 e. The lowest BCUT2D eigenvalue weighted by Gasteiger charge is -2.32. The molecule has 2 heterocycles. The first kappa shape index (κ1) is 15.6. The monoisotopic (exact) mass is 340 g/mol. The van der Waals surface area contributed by atoms with Crippen molar-refractivity contribution in [1.29, 1.82) is 0 Å². The number of rotatable bonds is 4. The van der Waals surface area contributed by atoms with Crippen molar-refractivity contribution < 1.29 is 9.47 Å². The highest BCUT2D eigenvalue weighted by Gasteiger charge is 2.22. The maximum absolute atomic E-state index is 6.02. The van der Waals surface area contributed by atoms with E-state index < -0.39 is 0 Å². The van der Waals surface area contributed by atoms with Crippen molar-refractivity contribution in [3.8, 4) is 5.75 Å². The number of fused-ring (bicyclic) bond motifs is 1. The summed E-state index contributed by atoms with van der Waals surface area (Å²) in [5, 5.41) is 4.52. The van der Waals surface area contributed by atoms with E-state index in [2.05, 4.69) is 45.6 Å². The van der Waals surface area contributed by atoms with E-state index in [9.17, 15) is 0 Å². The van der Waals surface area contributed by atoms with E-state index in [1.54, 1.807) is 18.4 Å². The first-order chi connectivity index (χ1) is 11.8. The van der Waals surface area contributed by atoms with Crippen molar-refractivity contribution in [2.24, 2.45) is 0 Å². The molecule has 0 saturated carbocycles. The number of methoxy groups -OCH3 is 1. The van der Waals surface area contributed by atoms with E-state index in [-0.39, 0.29) is 6.10 Å². The van der Waals surface area contributed by atoms with Crippen molar-refractivity contribution in [2.75, 3.05) is 26.8 Å². The minimum absolute atomic E-state index is 0.115. The van der Waals surface area contributed by atoms with E-state index in [1.165, 1.54) is 16.3 Å². The lowest BCUT2D eigenvalue weighted by molar-refractivity contribution is -0.0331. The zero-order valence-corrected chi connectivity index (χ0v) is 14.5. The van der Waals surface area contributed by atoms with Gasteiger partial charge in [0.2, 0.25) is 0 Å². The summed E-state index contributed by atoms with van der Waals surface area (Å²) in [4.78, 5) is 6.81. The molecule has 1 aliphatic rings. The molecule has 3 aromatic rings. The van der Waals surface area contributed by atoms with Gasteiger partial charge in [0.15, 0.2) is 0 Å². The molecule has 4 rings (SSSR count). The van der Waals surface area contributed by atoms with Gasteiger partial charge >= 0.3 is 0 Å². The Kier molecular flexibility index (Phi) is 4.47. The Labute approximate surface area is 145 Å². The highest BCUT2D eigenvalue weighted by molar-refractivity contribution is 7.07.